The molecule has 3 N–H and O–H groups in total. The summed E-state index contributed by atoms with van der Waals surface area (Å²) < 4.78 is 11.5. The maximum atomic E-state index is 13.2. The molecule has 1 unspecified atom stereocenters. The number of ether oxygens (including phenoxy) is 2. The Morgan fingerprint density at radius 3 is 2.24 bits per heavy atom. The lowest BCUT2D eigenvalue weighted by molar-refractivity contribution is -0.163. The number of Topliss-reactive ketones (excluding diaryl/α,β-unsaturated/α-hetero) is 1. The molecule has 0 aliphatic heterocycles. The van der Waals surface area contributed by atoms with Gasteiger partial charge in [0, 0.05) is 31.6 Å². The minimum absolute atomic E-state index is 0.102. The van der Waals surface area contributed by atoms with Gasteiger partial charge in [-0.3, -0.25) is 28.8 Å². The van der Waals surface area contributed by atoms with E-state index in [0.29, 0.717) is 12.5 Å². The van der Waals surface area contributed by atoms with Crippen LogP contribution in [0, 0.1) is 11.8 Å². The minimum Gasteiger partial charge on any atom is -0.459 e. The summed E-state index contributed by atoms with van der Waals surface area (Å²) in [5, 5.41) is 2.82. The van der Waals surface area contributed by atoms with Crippen molar-refractivity contribution in [2.45, 2.75) is 91.9 Å². The molecule has 2 amide bonds. The molecule has 11 nitrogen and oxygen atoms in total. The zero-order chi connectivity index (χ0) is 29.0. The van der Waals surface area contributed by atoms with Crippen molar-refractivity contribution in [3.05, 3.63) is 34.2 Å². The van der Waals surface area contributed by atoms with Gasteiger partial charge in [0.1, 0.15) is 18.1 Å². The number of hydrogen-bond donors (Lipinski definition) is 2. The van der Waals surface area contributed by atoms with E-state index >= 15 is 0 Å². The highest BCUT2D eigenvalue weighted by molar-refractivity contribution is 6.00. The van der Waals surface area contributed by atoms with Crippen molar-refractivity contribution >= 4 is 29.5 Å². The molecule has 1 aromatic heterocycles. The average molecular weight is 536 g/mol. The summed E-state index contributed by atoms with van der Waals surface area (Å²) >= 11 is 0. The molecule has 11 heteroatoms. The van der Waals surface area contributed by atoms with Gasteiger partial charge in [0.15, 0.2) is 11.9 Å². The van der Waals surface area contributed by atoms with Crippen molar-refractivity contribution in [3.63, 3.8) is 0 Å². The molecule has 0 fully saturated rings. The van der Waals surface area contributed by atoms with E-state index in [4.69, 9.17) is 15.2 Å². The number of ketones is 1. The Labute approximate surface area is 223 Å². The molecule has 1 heterocycles. The Balaban J connectivity index is 3.08. The normalized spacial score (nSPS) is 12.9. The molecule has 1 rings (SSSR count). The van der Waals surface area contributed by atoms with Gasteiger partial charge in [0.25, 0.3) is 11.5 Å². The number of hydrogen-bond acceptors (Lipinski definition) is 8. The van der Waals surface area contributed by atoms with Crippen LogP contribution in [-0.2, 0) is 46.4 Å². The first kappa shape index (κ1) is 32.5. The van der Waals surface area contributed by atoms with Crippen LogP contribution in [0.15, 0.2) is 23.1 Å². The number of aromatic nitrogens is 1. The zero-order valence-electron chi connectivity index (χ0n) is 23.2. The van der Waals surface area contributed by atoms with E-state index in [2.05, 4.69) is 5.32 Å². The van der Waals surface area contributed by atoms with E-state index in [0.717, 1.165) is 19.8 Å². The second-order valence-electron chi connectivity index (χ2n) is 10.3. The smallest absolute Gasteiger partial charge is 0.317 e. The molecule has 0 bridgehead atoms. The van der Waals surface area contributed by atoms with E-state index in [1.165, 1.54) is 16.8 Å². The molecule has 0 aromatic carbocycles. The molecule has 0 aliphatic carbocycles. The van der Waals surface area contributed by atoms with E-state index in [1.807, 2.05) is 13.8 Å². The summed E-state index contributed by atoms with van der Waals surface area (Å²) in [4.78, 5) is 74.4. The fourth-order valence-electron chi connectivity index (χ4n) is 3.76. The number of pyridine rings is 1. The predicted molar refractivity (Wildman–Crippen MR) is 140 cm³/mol. The first-order valence-electron chi connectivity index (χ1n) is 12.9. The Morgan fingerprint density at radius 1 is 1.08 bits per heavy atom. The van der Waals surface area contributed by atoms with Crippen LogP contribution in [-0.4, -0.2) is 52.4 Å². The summed E-state index contributed by atoms with van der Waals surface area (Å²) in [6, 6.07) is 3.00. The molecule has 1 aromatic rings. The molecule has 212 valence electrons. The Kier molecular flexibility index (Phi) is 12.9. The lowest BCUT2D eigenvalue weighted by Gasteiger charge is -2.24. The maximum absolute atomic E-state index is 13.2. The average Bonchev–Trinajstić information content (AvgIpc) is 2.80. The van der Waals surface area contributed by atoms with Crippen molar-refractivity contribution in [1.82, 2.24) is 9.88 Å². The van der Waals surface area contributed by atoms with Crippen molar-refractivity contribution in [2.75, 3.05) is 6.54 Å². The number of rotatable bonds is 15. The van der Waals surface area contributed by atoms with Crippen LogP contribution >= 0.6 is 0 Å². The first-order chi connectivity index (χ1) is 17.7. The second kappa shape index (κ2) is 15.0. The van der Waals surface area contributed by atoms with Crippen molar-refractivity contribution in [3.8, 4) is 0 Å². The molecule has 0 aliphatic rings. The summed E-state index contributed by atoms with van der Waals surface area (Å²) in [5.74, 6) is -4.39. The summed E-state index contributed by atoms with van der Waals surface area (Å²) in [6.45, 7) is 10.4. The van der Waals surface area contributed by atoms with E-state index in [9.17, 15) is 28.8 Å². The number of amides is 2. The molecule has 38 heavy (non-hydrogen) atoms. The van der Waals surface area contributed by atoms with E-state index < -0.39 is 53.2 Å². The third-order valence-corrected chi connectivity index (χ3v) is 5.94. The van der Waals surface area contributed by atoms with Crippen LogP contribution in [0.2, 0.25) is 0 Å². The minimum atomic E-state index is -1.33. The molecule has 2 atom stereocenters. The molecule has 0 saturated carbocycles. The largest absolute Gasteiger partial charge is 0.459 e. The van der Waals surface area contributed by atoms with Crippen molar-refractivity contribution < 1.29 is 33.4 Å². The third kappa shape index (κ3) is 11.3. The predicted octanol–water partition coefficient (Wildman–Crippen LogP) is 1.67. The van der Waals surface area contributed by atoms with Gasteiger partial charge in [-0.1, -0.05) is 32.8 Å². The highest BCUT2D eigenvalue weighted by Crippen LogP contribution is 2.20. The second-order valence-corrected chi connectivity index (χ2v) is 10.3. The van der Waals surface area contributed by atoms with Gasteiger partial charge in [-0.05, 0) is 45.6 Å². The van der Waals surface area contributed by atoms with Crippen LogP contribution in [0.5, 0.6) is 0 Å². The lowest BCUT2D eigenvalue weighted by Crippen LogP contribution is -2.38. The lowest BCUT2D eigenvalue weighted by atomic mass is 9.92. The van der Waals surface area contributed by atoms with Crippen LogP contribution < -0.4 is 16.6 Å². The van der Waals surface area contributed by atoms with Gasteiger partial charge in [-0.25, -0.2) is 0 Å². The van der Waals surface area contributed by atoms with Crippen LogP contribution in [0.25, 0.3) is 0 Å². The Bertz CT molecular complexity index is 1050. The molecular weight excluding hydrogens is 494 g/mol. The first-order valence-corrected chi connectivity index (χ1v) is 12.9. The Morgan fingerprint density at radius 2 is 1.71 bits per heavy atom. The zero-order valence-corrected chi connectivity index (χ0v) is 23.2. The van der Waals surface area contributed by atoms with E-state index in [1.54, 1.807) is 26.8 Å². The van der Waals surface area contributed by atoms with Crippen LogP contribution in [0.4, 0.5) is 0 Å². The summed E-state index contributed by atoms with van der Waals surface area (Å²) in [6.07, 6.45) is 1.22. The number of nitrogens with zero attached hydrogens (tertiary/aromatic N) is 1. The standard InChI is InChI=1S/C27H41N3O8/c1-7-18(8-2)15-29-23(33)16-30-13-9-10-19(25(30)35)14-21(32)20(26(36)38-27(4,5)6)11-12-22(24(28)34)37-17(3)31/h9-10,13,18,20,22H,7-8,11-12,14-16H2,1-6H3,(H2,28,34)(H,29,33)/t20-,22?/m0/s1. The van der Waals surface area contributed by atoms with E-state index in [-0.39, 0.29) is 30.9 Å². The maximum Gasteiger partial charge on any atom is 0.317 e. The Hall–Kier alpha value is -3.50. The molecule has 0 saturated heterocycles. The van der Waals surface area contributed by atoms with Crippen molar-refractivity contribution in [1.29, 1.82) is 0 Å². The van der Waals surface area contributed by atoms with Crippen LogP contribution in [0.3, 0.4) is 0 Å². The van der Waals surface area contributed by atoms with Gasteiger partial charge in [0.2, 0.25) is 5.91 Å². The summed E-state index contributed by atoms with van der Waals surface area (Å²) in [5.41, 5.74) is 3.96. The fraction of sp³-hybridized carbons (Fsp3) is 0.630. The SMILES string of the molecule is CCC(CC)CNC(=O)Cn1cccc(CC(=O)[C@H](CCC(OC(C)=O)C(N)=O)C(=O)OC(C)(C)C)c1=O. The number of esters is 2. The number of nitrogens with two attached hydrogens (primary N) is 1. The summed E-state index contributed by atoms with van der Waals surface area (Å²) in [7, 11) is 0. The number of nitrogens with one attached hydrogen (secondary N) is 1. The number of carbonyl (C=O) groups is 5. The third-order valence-electron chi connectivity index (χ3n) is 5.94. The molecule has 0 spiro atoms. The van der Waals surface area contributed by atoms with Crippen LogP contribution in [0.1, 0.15) is 72.8 Å². The quantitative estimate of drug-likeness (QED) is 0.253. The number of primary amides is 1. The van der Waals surface area contributed by atoms with Gasteiger partial charge in [0.05, 0.1) is 0 Å². The number of carbonyl (C=O) groups excluding carboxylic acids is 5. The van der Waals surface area contributed by atoms with Gasteiger partial charge < -0.3 is 25.1 Å². The highest BCUT2D eigenvalue weighted by Gasteiger charge is 2.33. The molecular formula is C27H41N3O8. The molecule has 0 radical (unpaired) electrons. The fourth-order valence-corrected chi connectivity index (χ4v) is 3.76. The van der Waals surface area contributed by atoms with Gasteiger partial charge in [-0.15, -0.1) is 0 Å². The van der Waals surface area contributed by atoms with Gasteiger partial charge in [-0.2, -0.15) is 0 Å². The highest BCUT2D eigenvalue weighted by atomic mass is 16.6. The van der Waals surface area contributed by atoms with Crippen molar-refractivity contribution in [2.24, 2.45) is 17.6 Å². The van der Waals surface area contributed by atoms with Gasteiger partial charge >= 0.3 is 11.9 Å². The monoisotopic (exact) mass is 535 g/mol. The topological polar surface area (TPSA) is 164 Å².